The van der Waals surface area contributed by atoms with Crippen molar-refractivity contribution in [1.82, 2.24) is 4.98 Å². The molecule has 1 aromatic heterocycles. The van der Waals surface area contributed by atoms with Gasteiger partial charge in [-0.15, -0.1) is 0 Å². The molecule has 100 valence electrons. The van der Waals surface area contributed by atoms with E-state index in [2.05, 4.69) is 17.2 Å². The minimum absolute atomic E-state index is 0.232. The van der Waals surface area contributed by atoms with Gasteiger partial charge in [0.05, 0.1) is 11.2 Å². The maximum Gasteiger partial charge on any atom is 0.339 e. The van der Waals surface area contributed by atoms with Crippen molar-refractivity contribution in [2.75, 3.05) is 11.9 Å². The van der Waals surface area contributed by atoms with Crippen LogP contribution in [-0.4, -0.2) is 22.6 Å². The summed E-state index contributed by atoms with van der Waals surface area (Å²) in [5, 5.41) is 13.4. The number of carbonyl (C=O) groups is 1. The number of nitrogens with one attached hydrogen (secondary N) is 1. The fourth-order valence-electron chi connectivity index (χ4n) is 2.08. The predicted octanol–water partition coefficient (Wildman–Crippen LogP) is 3.54. The van der Waals surface area contributed by atoms with Crippen LogP contribution < -0.4 is 5.32 Å². The van der Waals surface area contributed by atoms with Crippen molar-refractivity contribution >= 4 is 22.6 Å². The van der Waals surface area contributed by atoms with Crippen LogP contribution in [0.2, 0.25) is 0 Å². The third kappa shape index (κ3) is 3.02. The van der Waals surface area contributed by atoms with E-state index < -0.39 is 5.97 Å². The van der Waals surface area contributed by atoms with Crippen LogP contribution in [-0.2, 0) is 0 Å². The molecule has 0 aliphatic carbocycles. The molecule has 0 bridgehead atoms. The minimum atomic E-state index is -0.948. The van der Waals surface area contributed by atoms with Gasteiger partial charge in [0.15, 0.2) is 0 Å². The van der Waals surface area contributed by atoms with E-state index >= 15 is 0 Å². The molecule has 2 aromatic rings. The predicted molar refractivity (Wildman–Crippen MR) is 76.7 cm³/mol. The average molecular weight is 258 g/mol. The number of fused-ring (bicyclic) bond motifs is 1. The Balaban J connectivity index is 2.35. The van der Waals surface area contributed by atoms with Crippen molar-refractivity contribution < 1.29 is 9.90 Å². The van der Waals surface area contributed by atoms with E-state index in [1.165, 1.54) is 6.20 Å². The van der Waals surface area contributed by atoms with E-state index in [-0.39, 0.29) is 5.56 Å². The van der Waals surface area contributed by atoms with E-state index in [1.54, 1.807) is 0 Å². The zero-order valence-corrected chi connectivity index (χ0v) is 11.0. The lowest BCUT2D eigenvalue weighted by molar-refractivity contribution is 0.0697. The molecule has 0 fully saturated rings. The quantitative estimate of drug-likeness (QED) is 0.778. The van der Waals surface area contributed by atoms with E-state index in [9.17, 15) is 9.90 Å². The molecule has 0 aliphatic heterocycles. The third-order valence-corrected chi connectivity index (χ3v) is 3.09. The minimum Gasteiger partial charge on any atom is -0.478 e. The molecule has 4 heteroatoms. The first-order valence-electron chi connectivity index (χ1n) is 6.59. The number of hydrogen-bond donors (Lipinski definition) is 2. The molecular weight excluding hydrogens is 240 g/mol. The third-order valence-electron chi connectivity index (χ3n) is 3.09. The van der Waals surface area contributed by atoms with Crippen molar-refractivity contribution in [2.45, 2.75) is 26.2 Å². The second kappa shape index (κ2) is 6.18. The Morgan fingerprint density at radius 3 is 2.84 bits per heavy atom. The smallest absolute Gasteiger partial charge is 0.339 e. The first-order chi connectivity index (χ1) is 9.24. The summed E-state index contributed by atoms with van der Waals surface area (Å²) in [6.45, 7) is 2.92. The van der Waals surface area contributed by atoms with Crippen molar-refractivity contribution in [3.63, 3.8) is 0 Å². The van der Waals surface area contributed by atoms with E-state index in [0.29, 0.717) is 5.69 Å². The normalized spacial score (nSPS) is 10.6. The maximum absolute atomic E-state index is 11.3. The highest BCUT2D eigenvalue weighted by molar-refractivity contribution is 6.04. The van der Waals surface area contributed by atoms with Crippen LogP contribution in [0.4, 0.5) is 5.69 Å². The van der Waals surface area contributed by atoms with Crippen molar-refractivity contribution in [2.24, 2.45) is 0 Å². The van der Waals surface area contributed by atoms with Gasteiger partial charge in [-0.25, -0.2) is 4.79 Å². The first-order valence-corrected chi connectivity index (χ1v) is 6.59. The highest BCUT2D eigenvalue weighted by Crippen LogP contribution is 2.25. The van der Waals surface area contributed by atoms with Gasteiger partial charge >= 0.3 is 5.97 Å². The number of unbranched alkanes of at least 4 members (excludes halogenated alkanes) is 2. The topological polar surface area (TPSA) is 62.2 Å². The average Bonchev–Trinajstić information content (AvgIpc) is 2.43. The molecule has 0 spiro atoms. The van der Waals surface area contributed by atoms with Gasteiger partial charge in [0.1, 0.15) is 5.56 Å². The molecule has 0 atom stereocenters. The number of carboxylic acids is 1. The van der Waals surface area contributed by atoms with Crippen LogP contribution >= 0.6 is 0 Å². The van der Waals surface area contributed by atoms with Crippen LogP contribution in [0.5, 0.6) is 0 Å². The number of aromatic nitrogens is 1. The van der Waals surface area contributed by atoms with Gasteiger partial charge in [-0.05, 0) is 12.5 Å². The number of benzene rings is 1. The molecule has 0 saturated carbocycles. The van der Waals surface area contributed by atoms with Crippen LogP contribution in [0.3, 0.4) is 0 Å². The number of carboxylic acid groups (broad SMARTS) is 1. The lowest BCUT2D eigenvalue weighted by Crippen LogP contribution is -2.09. The number of anilines is 1. The number of para-hydroxylation sites is 1. The fourth-order valence-corrected chi connectivity index (χ4v) is 2.08. The summed E-state index contributed by atoms with van der Waals surface area (Å²) in [5.74, 6) is -0.948. The SMILES string of the molecule is CCCCCNc1c(C(=O)O)cnc2ccccc12. The van der Waals surface area contributed by atoms with Crippen LogP contribution in [0.25, 0.3) is 10.9 Å². The first kappa shape index (κ1) is 13.3. The van der Waals surface area contributed by atoms with Gasteiger partial charge in [0.25, 0.3) is 0 Å². The Bertz CT molecular complexity index is 581. The van der Waals surface area contributed by atoms with Crippen LogP contribution in [0.1, 0.15) is 36.5 Å². The number of rotatable bonds is 6. The van der Waals surface area contributed by atoms with E-state index in [4.69, 9.17) is 0 Å². The maximum atomic E-state index is 11.3. The standard InChI is InChI=1S/C15H18N2O2/c1-2-3-6-9-16-14-11-7-4-5-8-13(11)17-10-12(14)15(18)19/h4-5,7-8,10H,2-3,6,9H2,1H3,(H,16,17)(H,18,19). The summed E-state index contributed by atoms with van der Waals surface area (Å²) >= 11 is 0. The summed E-state index contributed by atoms with van der Waals surface area (Å²) < 4.78 is 0. The van der Waals surface area contributed by atoms with E-state index in [0.717, 1.165) is 36.7 Å². The Morgan fingerprint density at radius 1 is 1.32 bits per heavy atom. The van der Waals surface area contributed by atoms with Gasteiger partial charge in [-0.3, -0.25) is 4.98 Å². The molecule has 1 heterocycles. The molecule has 0 unspecified atom stereocenters. The van der Waals surface area contributed by atoms with Gasteiger partial charge in [0, 0.05) is 18.1 Å². The van der Waals surface area contributed by atoms with Crippen molar-refractivity contribution in [3.05, 3.63) is 36.0 Å². The number of aromatic carboxylic acids is 1. The molecule has 1 aromatic carbocycles. The molecule has 0 aliphatic rings. The molecular formula is C15H18N2O2. The molecule has 0 saturated heterocycles. The second-order valence-corrected chi connectivity index (χ2v) is 4.50. The molecule has 4 nitrogen and oxygen atoms in total. The number of pyridine rings is 1. The summed E-state index contributed by atoms with van der Waals surface area (Å²) in [6.07, 6.45) is 4.74. The second-order valence-electron chi connectivity index (χ2n) is 4.50. The monoisotopic (exact) mass is 258 g/mol. The van der Waals surface area contributed by atoms with Gasteiger partial charge in [-0.1, -0.05) is 38.0 Å². The Hall–Kier alpha value is -2.10. The summed E-state index contributed by atoms with van der Waals surface area (Å²) in [4.78, 5) is 15.5. The van der Waals surface area contributed by atoms with Crippen LogP contribution in [0.15, 0.2) is 30.5 Å². The van der Waals surface area contributed by atoms with Gasteiger partial charge < -0.3 is 10.4 Å². The largest absolute Gasteiger partial charge is 0.478 e. The number of nitrogens with zero attached hydrogens (tertiary/aromatic N) is 1. The summed E-state index contributed by atoms with van der Waals surface area (Å²) in [7, 11) is 0. The molecule has 2 N–H and O–H groups in total. The molecule has 0 amide bonds. The zero-order valence-electron chi connectivity index (χ0n) is 11.0. The summed E-state index contributed by atoms with van der Waals surface area (Å²) in [6, 6.07) is 7.58. The molecule has 0 radical (unpaired) electrons. The lowest BCUT2D eigenvalue weighted by Gasteiger charge is -2.12. The fraction of sp³-hybridized carbons (Fsp3) is 0.333. The van der Waals surface area contributed by atoms with Crippen molar-refractivity contribution in [1.29, 1.82) is 0 Å². The van der Waals surface area contributed by atoms with Gasteiger partial charge in [0.2, 0.25) is 0 Å². The van der Waals surface area contributed by atoms with Crippen LogP contribution in [0, 0.1) is 0 Å². The molecule has 2 rings (SSSR count). The Morgan fingerprint density at radius 2 is 2.11 bits per heavy atom. The summed E-state index contributed by atoms with van der Waals surface area (Å²) in [5.41, 5.74) is 1.72. The van der Waals surface area contributed by atoms with E-state index in [1.807, 2.05) is 24.3 Å². The molecule has 19 heavy (non-hydrogen) atoms. The number of hydrogen-bond acceptors (Lipinski definition) is 3. The highest BCUT2D eigenvalue weighted by atomic mass is 16.4. The van der Waals surface area contributed by atoms with Gasteiger partial charge in [-0.2, -0.15) is 0 Å². The zero-order chi connectivity index (χ0) is 13.7. The Kier molecular flexibility index (Phi) is 4.34. The van der Waals surface area contributed by atoms with Crippen molar-refractivity contribution in [3.8, 4) is 0 Å². The highest BCUT2D eigenvalue weighted by Gasteiger charge is 2.13. The lowest BCUT2D eigenvalue weighted by atomic mass is 10.1. The Labute approximate surface area is 112 Å².